The number of methoxy groups -OCH3 is 1. The van der Waals surface area contributed by atoms with Gasteiger partial charge in [0.1, 0.15) is 5.82 Å². The molecule has 0 saturated carbocycles. The summed E-state index contributed by atoms with van der Waals surface area (Å²) in [4.78, 5) is 25.0. The minimum atomic E-state index is -4.95. The Labute approximate surface area is 238 Å². The Balaban J connectivity index is 1.55. The molecule has 2 aromatic heterocycles. The molecule has 10 nitrogen and oxygen atoms in total. The average Bonchev–Trinajstić information content (AvgIpc) is 3.07. The molecule has 1 unspecified atom stereocenters. The van der Waals surface area contributed by atoms with Crippen LogP contribution in [0.15, 0.2) is 6.07 Å². The molecule has 15 heteroatoms. The van der Waals surface area contributed by atoms with E-state index in [9.17, 15) is 18.0 Å². The lowest BCUT2D eigenvalue weighted by molar-refractivity contribution is -0.140. The number of nitrogen functional groups attached to an aromatic ring is 1. The predicted octanol–water partition coefficient (Wildman–Crippen LogP) is 4.31. The van der Waals surface area contributed by atoms with E-state index < -0.39 is 39.9 Å². The fourth-order valence-corrected chi connectivity index (χ4v) is 5.59. The van der Waals surface area contributed by atoms with Gasteiger partial charge in [-0.25, -0.2) is 4.39 Å². The Hall–Kier alpha value is -3.65. The number of ether oxygens (including phenoxy) is 2. The van der Waals surface area contributed by atoms with Gasteiger partial charge in [0.15, 0.2) is 11.5 Å². The van der Waals surface area contributed by atoms with Crippen molar-refractivity contribution in [1.82, 2.24) is 24.6 Å². The molecule has 0 spiro atoms. The third kappa shape index (κ3) is 5.14. The average molecular weight is 598 g/mol. The number of rotatable bonds is 4. The number of fused-ring (bicyclic) bond motifs is 2. The second kappa shape index (κ2) is 10.6. The van der Waals surface area contributed by atoms with Gasteiger partial charge in [0, 0.05) is 50.3 Å². The maximum Gasteiger partial charge on any atom is 0.418 e. The SMILES string of the molecule is COc1nc2c(c(N3CCCn4nc(C(=O)N(C)C)c(C)c4C3)n1)COC(c1c(F)c(N)cc(Cl)c1C(F)(F)F)C2. The van der Waals surface area contributed by atoms with Crippen LogP contribution in [0.25, 0.3) is 0 Å². The van der Waals surface area contributed by atoms with E-state index in [-0.39, 0.29) is 24.9 Å². The Bertz CT molecular complexity index is 1530. The third-order valence-electron chi connectivity index (χ3n) is 7.29. The normalized spacial score (nSPS) is 17.1. The van der Waals surface area contributed by atoms with Crippen molar-refractivity contribution in [2.75, 3.05) is 38.4 Å². The lowest BCUT2D eigenvalue weighted by atomic mass is 9.93. The number of benzene rings is 1. The van der Waals surface area contributed by atoms with Crippen LogP contribution in [0.4, 0.5) is 29.1 Å². The second-order valence-corrected chi connectivity index (χ2v) is 10.5. The van der Waals surface area contributed by atoms with Gasteiger partial charge in [0.05, 0.1) is 54.0 Å². The monoisotopic (exact) mass is 597 g/mol. The van der Waals surface area contributed by atoms with Crippen molar-refractivity contribution in [3.63, 3.8) is 0 Å². The summed E-state index contributed by atoms with van der Waals surface area (Å²) in [6.07, 6.45) is -5.83. The summed E-state index contributed by atoms with van der Waals surface area (Å²) in [6, 6.07) is 0.742. The number of aryl methyl sites for hydroxylation is 1. The number of carbonyl (C=O) groups excluding carboxylic acids is 1. The van der Waals surface area contributed by atoms with Crippen molar-refractivity contribution in [3.8, 4) is 6.01 Å². The van der Waals surface area contributed by atoms with Crippen LogP contribution in [0.3, 0.4) is 0 Å². The van der Waals surface area contributed by atoms with Crippen molar-refractivity contribution < 1.29 is 31.8 Å². The zero-order valence-electron chi connectivity index (χ0n) is 22.8. The highest BCUT2D eigenvalue weighted by Gasteiger charge is 2.42. The minimum Gasteiger partial charge on any atom is -0.467 e. The molecule has 0 saturated heterocycles. The molecule has 0 radical (unpaired) electrons. The van der Waals surface area contributed by atoms with Gasteiger partial charge in [-0.3, -0.25) is 9.48 Å². The van der Waals surface area contributed by atoms with Crippen LogP contribution in [0.2, 0.25) is 5.02 Å². The van der Waals surface area contributed by atoms with E-state index in [1.54, 1.807) is 14.1 Å². The molecule has 1 atom stereocenters. The van der Waals surface area contributed by atoms with Gasteiger partial charge in [0.25, 0.3) is 5.91 Å². The second-order valence-electron chi connectivity index (χ2n) is 10.1. The summed E-state index contributed by atoms with van der Waals surface area (Å²) in [5.74, 6) is -0.972. The zero-order chi connectivity index (χ0) is 29.8. The Morgan fingerprint density at radius 3 is 2.66 bits per heavy atom. The molecule has 3 aromatic rings. The maximum atomic E-state index is 15.1. The fourth-order valence-electron chi connectivity index (χ4n) is 5.26. The molecule has 220 valence electrons. The summed E-state index contributed by atoms with van der Waals surface area (Å²) >= 11 is 5.89. The topological polar surface area (TPSA) is 112 Å². The smallest absolute Gasteiger partial charge is 0.418 e. The van der Waals surface area contributed by atoms with Crippen LogP contribution in [-0.4, -0.2) is 58.3 Å². The zero-order valence-corrected chi connectivity index (χ0v) is 23.5. The standard InChI is InChI=1S/C26H28ClF4N7O3/c1-12-17-10-37(6-5-7-38(17)35-22(12)24(39)36(2)3)23-13-11-41-18(9-16(13)33-25(34-23)40-4)19-20(26(29,30)31)14(27)8-15(32)21(19)28/h8,18H,5-7,9-11,32H2,1-4H3. The molecule has 5 rings (SSSR count). The first kappa shape index (κ1) is 28.9. The highest BCUT2D eigenvalue weighted by molar-refractivity contribution is 6.31. The van der Waals surface area contributed by atoms with Gasteiger partial charge >= 0.3 is 12.2 Å². The summed E-state index contributed by atoms with van der Waals surface area (Å²) in [6.45, 7) is 3.14. The molecule has 2 aliphatic heterocycles. The number of nitrogens with two attached hydrogens (primary N) is 1. The van der Waals surface area contributed by atoms with Crippen molar-refractivity contribution in [3.05, 3.63) is 56.2 Å². The number of alkyl halides is 3. The van der Waals surface area contributed by atoms with E-state index in [1.807, 2.05) is 16.5 Å². The largest absolute Gasteiger partial charge is 0.467 e. The Kier molecular flexibility index (Phi) is 7.49. The fraction of sp³-hybridized carbons (Fsp3) is 0.462. The maximum absolute atomic E-state index is 15.1. The van der Waals surface area contributed by atoms with Crippen molar-refractivity contribution >= 4 is 29.0 Å². The van der Waals surface area contributed by atoms with E-state index in [0.717, 1.165) is 17.3 Å². The summed E-state index contributed by atoms with van der Waals surface area (Å²) in [7, 11) is 4.70. The van der Waals surface area contributed by atoms with E-state index >= 15 is 4.39 Å². The number of amides is 1. The molecule has 1 amide bonds. The van der Waals surface area contributed by atoms with E-state index in [0.29, 0.717) is 48.8 Å². The van der Waals surface area contributed by atoms with Crippen molar-refractivity contribution in [1.29, 1.82) is 0 Å². The molecule has 4 heterocycles. The molecule has 2 aliphatic rings. The van der Waals surface area contributed by atoms with Crippen LogP contribution in [0, 0.1) is 12.7 Å². The van der Waals surface area contributed by atoms with Gasteiger partial charge < -0.3 is 25.0 Å². The molecule has 0 aliphatic carbocycles. The number of hydrogen-bond donors (Lipinski definition) is 1. The molecule has 0 fully saturated rings. The number of carbonyl (C=O) groups is 1. The summed E-state index contributed by atoms with van der Waals surface area (Å²) in [5, 5.41) is 3.83. The molecule has 41 heavy (non-hydrogen) atoms. The Morgan fingerprint density at radius 2 is 2.00 bits per heavy atom. The van der Waals surface area contributed by atoms with Crippen molar-refractivity contribution in [2.24, 2.45) is 0 Å². The Morgan fingerprint density at radius 1 is 1.27 bits per heavy atom. The molecular weight excluding hydrogens is 570 g/mol. The first-order valence-electron chi connectivity index (χ1n) is 12.7. The summed E-state index contributed by atoms with van der Waals surface area (Å²) in [5.41, 5.74) is 5.87. The van der Waals surface area contributed by atoms with E-state index in [1.165, 1.54) is 12.0 Å². The van der Waals surface area contributed by atoms with Crippen LogP contribution < -0.4 is 15.4 Å². The van der Waals surface area contributed by atoms with E-state index in [4.69, 9.17) is 26.8 Å². The number of nitrogens with zero attached hydrogens (tertiary/aromatic N) is 6. The minimum absolute atomic E-state index is 0.000485. The van der Waals surface area contributed by atoms with Gasteiger partial charge in [-0.15, -0.1) is 0 Å². The predicted molar refractivity (Wildman–Crippen MR) is 141 cm³/mol. The molecule has 0 bridgehead atoms. The number of hydrogen-bond acceptors (Lipinski definition) is 8. The highest BCUT2D eigenvalue weighted by atomic mass is 35.5. The highest BCUT2D eigenvalue weighted by Crippen LogP contribution is 2.46. The first-order chi connectivity index (χ1) is 19.3. The van der Waals surface area contributed by atoms with Crippen LogP contribution >= 0.6 is 11.6 Å². The summed E-state index contributed by atoms with van der Waals surface area (Å²) < 4.78 is 70.0. The number of aromatic nitrogens is 4. The number of halogens is 5. The molecule has 2 N–H and O–H groups in total. The van der Waals surface area contributed by atoms with Gasteiger partial charge in [-0.1, -0.05) is 11.6 Å². The van der Waals surface area contributed by atoms with Crippen LogP contribution in [0.1, 0.15) is 56.7 Å². The van der Waals surface area contributed by atoms with Crippen LogP contribution in [0.5, 0.6) is 6.01 Å². The van der Waals surface area contributed by atoms with Crippen molar-refractivity contribution in [2.45, 2.75) is 51.7 Å². The lowest BCUT2D eigenvalue weighted by Crippen LogP contribution is -2.29. The van der Waals surface area contributed by atoms with Gasteiger partial charge in [0.2, 0.25) is 0 Å². The third-order valence-corrected chi connectivity index (χ3v) is 7.59. The molecule has 1 aromatic carbocycles. The molecular formula is C26H28ClF4N7O3. The lowest BCUT2D eigenvalue weighted by Gasteiger charge is -2.31. The van der Waals surface area contributed by atoms with Crippen LogP contribution in [-0.2, 0) is 37.0 Å². The van der Waals surface area contributed by atoms with E-state index in [2.05, 4.69) is 15.1 Å². The quantitative estimate of drug-likeness (QED) is 0.350. The first-order valence-corrected chi connectivity index (χ1v) is 13.1. The number of anilines is 2. The van der Waals surface area contributed by atoms with Gasteiger partial charge in [-0.2, -0.15) is 28.2 Å². The van der Waals surface area contributed by atoms with Gasteiger partial charge in [-0.05, 0) is 19.4 Å².